The van der Waals surface area contributed by atoms with Crippen molar-refractivity contribution in [2.24, 2.45) is 0 Å². The summed E-state index contributed by atoms with van der Waals surface area (Å²) in [7, 11) is 0. The van der Waals surface area contributed by atoms with Crippen LogP contribution in [0.15, 0.2) is 24.3 Å². The van der Waals surface area contributed by atoms with Crippen molar-refractivity contribution in [2.75, 3.05) is 26.2 Å². The molecule has 2 aromatic rings. The van der Waals surface area contributed by atoms with Crippen LogP contribution in [0.4, 0.5) is 0 Å². The number of hydrogen-bond acceptors (Lipinski definition) is 4. The molecule has 1 aromatic carbocycles. The van der Waals surface area contributed by atoms with Crippen LogP contribution in [0.2, 0.25) is 0 Å². The van der Waals surface area contributed by atoms with Crippen LogP contribution < -0.4 is 5.32 Å². The summed E-state index contributed by atoms with van der Waals surface area (Å²) in [5, 5.41) is 3.54. The first-order valence-corrected chi connectivity index (χ1v) is 8.51. The highest BCUT2D eigenvalue weighted by atomic mass is 32.1. The number of unbranched alkanes of at least 4 members (excludes halogenated alkanes) is 1. The van der Waals surface area contributed by atoms with Gasteiger partial charge in [-0.1, -0.05) is 12.1 Å². The van der Waals surface area contributed by atoms with Gasteiger partial charge in [-0.15, -0.1) is 11.3 Å². The monoisotopic (exact) mass is 303 g/mol. The summed E-state index contributed by atoms with van der Waals surface area (Å²) in [5.41, 5.74) is 0.904. The van der Waals surface area contributed by atoms with E-state index in [1.54, 1.807) is 0 Å². The summed E-state index contributed by atoms with van der Waals surface area (Å²) in [6, 6.07) is 7.86. The average Bonchev–Trinajstić information content (AvgIpc) is 3.15. The average molecular weight is 303 g/mol. The molecule has 1 amide bonds. The van der Waals surface area contributed by atoms with E-state index in [1.807, 2.05) is 24.3 Å². The number of rotatable bonds is 6. The van der Waals surface area contributed by atoms with E-state index < -0.39 is 0 Å². The Labute approximate surface area is 129 Å². The zero-order valence-corrected chi connectivity index (χ0v) is 13.0. The molecule has 5 heteroatoms. The standard InChI is InChI=1S/C16H21N3OS/c20-15(16-18-13-7-1-2-8-14(13)21-16)17-9-3-4-10-19-11-5-6-12-19/h1-2,7-8H,3-6,9-12H2,(H,17,20). The van der Waals surface area contributed by atoms with Crippen molar-refractivity contribution in [3.8, 4) is 0 Å². The van der Waals surface area contributed by atoms with Gasteiger partial charge in [0.05, 0.1) is 10.2 Å². The molecule has 0 saturated carbocycles. The molecule has 0 atom stereocenters. The Morgan fingerprint density at radius 2 is 2.05 bits per heavy atom. The number of nitrogens with zero attached hydrogens (tertiary/aromatic N) is 2. The molecule has 0 radical (unpaired) electrons. The maximum Gasteiger partial charge on any atom is 0.280 e. The van der Waals surface area contributed by atoms with Gasteiger partial charge in [0.1, 0.15) is 0 Å². The van der Waals surface area contributed by atoms with E-state index in [1.165, 1.54) is 37.3 Å². The lowest BCUT2D eigenvalue weighted by atomic mass is 10.3. The molecular weight excluding hydrogens is 282 g/mol. The molecule has 1 aliphatic rings. The number of amides is 1. The van der Waals surface area contributed by atoms with Crippen LogP contribution in [-0.2, 0) is 0 Å². The van der Waals surface area contributed by atoms with Crippen molar-refractivity contribution in [1.82, 2.24) is 15.2 Å². The predicted molar refractivity (Wildman–Crippen MR) is 86.9 cm³/mol. The molecule has 0 unspecified atom stereocenters. The van der Waals surface area contributed by atoms with E-state index in [0.29, 0.717) is 5.01 Å². The molecule has 3 rings (SSSR count). The Hall–Kier alpha value is -1.46. The van der Waals surface area contributed by atoms with E-state index in [0.717, 1.165) is 36.1 Å². The minimum Gasteiger partial charge on any atom is -0.350 e. The van der Waals surface area contributed by atoms with Crippen LogP contribution in [0.5, 0.6) is 0 Å². The predicted octanol–water partition coefficient (Wildman–Crippen LogP) is 2.90. The van der Waals surface area contributed by atoms with Gasteiger partial charge in [0.2, 0.25) is 0 Å². The molecule has 1 aliphatic heterocycles. The summed E-state index contributed by atoms with van der Waals surface area (Å²) in [6.07, 6.45) is 4.87. The van der Waals surface area contributed by atoms with Crippen molar-refractivity contribution < 1.29 is 4.79 Å². The van der Waals surface area contributed by atoms with Gasteiger partial charge in [0.15, 0.2) is 5.01 Å². The van der Waals surface area contributed by atoms with Crippen molar-refractivity contribution in [2.45, 2.75) is 25.7 Å². The molecule has 2 heterocycles. The number of likely N-dealkylation sites (tertiary alicyclic amines) is 1. The first-order chi connectivity index (χ1) is 10.3. The van der Waals surface area contributed by atoms with Gasteiger partial charge in [-0.25, -0.2) is 4.98 Å². The highest BCUT2D eigenvalue weighted by Crippen LogP contribution is 2.21. The summed E-state index contributed by atoms with van der Waals surface area (Å²) in [4.78, 5) is 18.9. The topological polar surface area (TPSA) is 45.2 Å². The lowest BCUT2D eigenvalue weighted by Gasteiger charge is -2.13. The summed E-state index contributed by atoms with van der Waals surface area (Å²) < 4.78 is 1.07. The SMILES string of the molecule is O=C(NCCCCN1CCCC1)c1nc2ccccc2s1. The fourth-order valence-corrected chi connectivity index (χ4v) is 3.60. The van der Waals surface area contributed by atoms with E-state index in [2.05, 4.69) is 15.2 Å². The number of carbonyl (C=O) groups is 1. The highest BCUT2D eigenvalue weighted by molar-refractivity contribution is 7.20. The minimum absolute atomic E-state index is 0.0441. The summed E-state index contributed by atoms with van der Waals surface area (Å²) >= 11 is 1.46. The van der Waals surface area contributed by atoms with Crippen molar-refractivity contribution in [3.05, 3.63) is 29.3 Å². The van der Waals surface area contributed by atoms with E-state index in [-0.39, 0.29) is 5.91 Å². The molecule has 1 aromatic heterocycles. The maximum atomic E-state index is 12.1. The Bertz CT molecular complexity index is 571. The number of benzene rings is 1. The zero-order chi connectivity index (χ0) is 14.5. The first kappa shape index (κ1) is 14.5. The number of nitrogens with one attached hydrogen (secondary N) is 1. The van der Waals surface area contributed by atoms with E-state index in [4.69, 9.17) is 0 Å². The molecule has 1 saturated heterocycles. The van der Waals surface area contributed by atoms with E-state index in [9.17, 15) is 4.79 Å². The molecule has 1 fully saturated rings. The number of aromatic nitrogens is 1. The zero-order valence-electron chi connectivity index (χ0n) is 12.2. The van der Waals surface area contributed by atoms with Crippen LogP contribution in [0.25, 0.3) is 10.2 Å². The second kappa shape index (κ2) is 7.00. The Balaban J connectivity index is 1.41. The van der Waals surface area contributed by atoms with Crippen molar-refractivity contribution >= 4 is 27.5 Å². The third-order valence-electron chi connectivity index (χ3n) is 3.87. The van der Waals surface area contributed by atoms with Gasteiger partial charge in [-0.3, -0.25) is 4.79 Å². The molecule has 4 nitrogen and oxygen atoms in total. The number of para-hydroxylation sites is 1. The van der Waals surface area contributed by atoms with Crippen LogP contribution in [0.1, 0.15) is 35.5 Å². The molecule has 0 aliphatic carbocycles. The Morgan fingerprint density at radius 1 is 1.24 bits per heavy atom. The number of carbonyl (C=O) groups excluding carboxylic acids is 1. The lowest BCUT2D eigenvalue weighted by molar-refractivity contribution is 0.0952. The van der Waals surface area contributed by atoms with Crippen molar-refractivity contribution in [3.63, 3.8) is 0 Å². The van der Waals surface area contributed by atoms with Gasteiger partial charge < -0.3 is 10.2 Å². The molecule has 0 spiro atoms. The molecule has 1 N–H and O–H groups in total. The van der Waals surface area contributed by atoms with Crippen LogP contribution in [0.3, 0.4) is 0 Å². The van der Waals surface area contributed by atoms with Gasteiger partial charge in [-0.2, -0.15) is 0 Å². The van der Waals surface area contributed by atoms with Crippen molar-refractivity contribution in [1.29, 1.82) is 0 Å². The number of thiazole rings is 1. The van der Waals surface area contributed by atoms with Gasteiger partial charge in [0, 0.05) is 6.54 Å². The van der Waals surface area contributed by atoms with Crippen LogP contribution in [-0.4, -0.2) is 42.0 Å². The minimum atomic E-state index is -0.0441. The van der Waals surface area contributed by atoms with Crippen LogP contribution in [0, 0.1) is 0 Å². The molecule has 112 valence electrons. The lowest BCUT2D eigenvalue weighted by Crippen LogP contribution is -2.26. The summed E-state index contributed by atoms with van der Waals surface area (Å²) in [5.74, 6) is -0.0441. The molecular formula is C16H21N3OS. The molecule has 0 bridgehead atoms. The quantitative estimate of drug-likeness (QED) is 0.835. The summed E-state index contributed by atoms with van der Waals surface area (Å²) in [6.45, 7) is 4.40. The fourth-order valence-electron chi connectivity index (χ4n) is 2.71. The van der Waals surface area contributed by atoms with Gasteiger partial charge >= 0.3 is 0 Å². The second-order valence-electron chi connectivity index (χ2n) is 5.50. The highest BCUT2D eigenvalue weighted by Gasteiger charge is 2.12. The van der Waals surface area contributed by atoms with Gasteiger partial charge in [0.25, 0.3) is 5.91 Å². The van der Waals surface area contributed by atoms with Crippen LogP contribution >= 0.6 is 11.3 Å². The number of hydrogen-bond donors (Lipinski definition) is 1. The Kier molecular flexibility index (Phi) is 4.83. The molecule has 21 heavy (non-hydrogen) atoms. The fraction of sp³-hybridized carbons (Fsp3) is 0.500. The van der Waals surface area contributed by atoms with Gasteiger partial charge in [-0.05, 0) is 57.5 Å². The first-order valence-electron chi connectivity index (χ1n) is 7.69. The smallest absolute Gasteiger partial charge is 0.280 e. The second-order valence-corrected chi connectivity index (χ2v) is 6.53. The number of fused-ring (bicyclic) bond motifs is 1. The Morgan fingerprint density at radius 3 is 2.86 bits per heavy atom. The third kappa shape index (κ3) is 3.80. The third-order valence-corrected chi connectivity index (χ3v) is 4.91. The van der Waals surface area contributed by atoms with E-state index >= 15 is 0 Å². The largest absolute Gasteiger partial charge is 0.350 e. The normalized spacial score (nSPS) is 15.6. The maximum absolute atomic E-state index is 12.1.